The van der Waals surface area contributed by atoms with E-state index in [9.17, 15) is 4.39 Å². The first kappa shape index (κ1) is 26.3. The molecule has 0 aromatic heterocycles. The van der Waals surface area contributed by atoms with E-state index in [1.807, 2.05) is 19.2 Å². The lowest BCUT2D eigenvalue weighted by molar-refractivity contribution is 0.0170. The third-order valence-electron chi connectivity index (χ3n) is 6.11. The molecular formula is C23H39FIN5O. The number of rotatable bonds is 8. The van der Waals surface area contributed by atoms with Crippen molar-refractivity contribution in [2.45, 2.75) is 32.2 Å². The summed E-state index contributed by atoms with van der Waals surface area (Å²) in [4.78, 5) is 9.36. The van der Waals surface area contributed by atoms with Gasteiger partial charge in [0, 0.05) is 39.8 Å². The van der Waals surface area contributed by atoms with Gasteiger partial charge in [-0.25, -0.2) is 4.39 Å². The second-order valence-electron chi connectivity index (χ2n) is 8.50. The highest BCUT2D eigenvalue weighted by atomic mass is 127. The highest BCUT2D eigenvalue weighted by Crippen LogP contribution is 2.21. The van der Waals surface area contributed by atoms with Gasteiger partial charge in [0.1, 0.15) is 5.82 Å². The molecule has 2 unspecified atom stereocenters. The van der Waals surface area contributed by atoms with Gasteiger partial charge < -0.3 is 20.3 Å². The summed E-state index contributed by atoms with van der Waals surface area (Å²) in [5, 5.41) is 6.92. The molecule has 0 aliphatic carbocycles. The van der Waals surface area contributed by atoms with Gasteiger partial charge in [-0.15, -0.1) is 24.0 Å². The Kier molecular flexibility index (Phi) is 12.1. The van der Waals surface area contributed by atoms with Crippen LogP contribution in [0.1, 0.15) is 37.8 Å². The summed E-state index contributed by atoms with van der Waals surface area (Å²) in [6.07, 6.45) is 3.80. The predicted molar refractivity (Wildman–Crippen MR) is 136 cm³/mol. The number of hydrogen-bond donors (Lipinski definition) is 2. The zero-order valence-corrected chi connectivity index (χ0v) is 21.3. The average Bonchev–Trinajstić information content (AvgIpc) is 2.77. The maximum atomic E-state index is 13.4. The van der Waals surface area contributed by atoms with Crippen LogP contribution in [0.25, 0.3) is 0 Å². The van der Waals surface area contributed by atoms with Gasteiger partial charge in [-0.05, 0) is 56.0 Å². The van der Waals surface area contributed by atoms with Crippen LogP contribution in [0.2, 0.25) is 0 Å². The average molecular weight is 548 g/mol. The molecule has 2 fully saturated rings. The number of aliphatic imine (C=N–C) groups is 1. The highest BCUT2D eigenvalue weighted by Gasteiger charge is 2.23. The first-order chi connectivity index (χ1) is 14.7. The van der Waals surface area contributed by atoms with Crippen molar-refractivity contribution in [2.75, 3.05) is 66.1 Å². The maximum absolute atomic E-state index is 13.4. The Hall–Kier alpha value is -0.970. The number of morpholine rings is 1. The van der Waals surface area contributed by atoms with Gasteiger partial charge >= 0.3 is 0 Å². The fourth-order valence-electron chi connectivity index (χ4n) is 4.45. The first-order valence-corrected chi connectivity index (χ1v) is 11.4. The number of halogens is 2. The molecule has 2 saturated heterocycles. The Morgan fingerprint density at radius 3 is 2.61 bits per heavy atom. The normalized spacial score (nSPS) is 21.9. The molecule has 3 rings (SSSR count). The number of piperidine rings is 1. The minimum atomic E-state index is -0.201. The van der Waals surface area contributed by atoms with Crippen LogP contribution in [0, 0.1) is 11.7 Å². The molecule has 2 aliphatic heterocycles. The SMILES string of the molecule is CN=C(NCCCN1CCCC(C)C1)NCC(c1ccc(F)cc1)N1CCOCC1.I. The Labute approximate surface area is 204 Å². The summed E-state index contributed by atoms with van der Waals surface area (Å²) in [5.74, 6) is 1.44. The van der Waals surface area contributed by atoms with Crippen molar-refractivity contribution < 1.29 is 9.13 Å². The van der Waals surface area contributed by atoms with E-state index >= 15 is 0 Å². The number of benzene rings is 1. The van der Waals surface area contributed by atoms with Crippen LogP contribution in [0.5, 0.6) is 0 Å². The van der Waals surface area contributed by atoms with Gasteiger partial charge in [0.05, 0.1) is 19.3 Å². The standard InChI is InChI=1S/C23H38FN5O.HI/c1-19-5-3-11-28(18-19)12-4-10-26-23(25-2)27-17-22(29-13-15-30-16-14-29)20-6-8-21(24)9-7-20;/h6-9,19,22H,3-5,10-18H2,1-2H3,(H2,25,26,27);1H. The van der Waals surface area contributed by atoms with Gasteiger partial charge in [0.25, 0.3) is 0 Å². The lowest BCUT2D eigenvalue weighted by Gasteiger charge is -2.35. The van der Waals surface area contributed by atoms with E-state index in [-0.39, 0.29) is 35.8 Å². The van der Waals surface area contributed by atoms with Crippen molar-refractivity contribution in [1.82, 2.24) is 20.4 Å². The van der Waals surface area contributed by atoms with Crippen molar-refractivity contribution >= 4 is 29.9 Å². The van der Waals surface area contributed by atoms with Gasteiger partial charge in [-0.3, -0.25) is 9.89 Å². The van der Waals surface area contributed by atoms with Crippen molar-refractivity contribution in [3.05, 3.63) is 35.6 Å². The van der Waals surface area contributed by atoms with Gasteiger partial charge in [-0.2, -0.15) is 0 Å². The summed E-state index contributed by atoms with van der Waals surface area (Å²) >= 11 is 0. The summed E-state index contributed by atoms with van der Waals surface area (Å²) < 4.78 is 18.9. The molecule has 2 atom stereocenters. The smallest absolute Gasteiger partial charge is 0.191 e. The molecule has 2 aliphatic rings. The Morgan fingerprint density at radius 1 is 1.19 bits per heavy atom. The fraction of sp³-hybridized carbons (Fsp3) is 0.696. The van der Waals surface area contributed by atoms with Crippen LogP contribution in [-0.4, -0.2) is 81.8 Å². The maximum Gasteiger partial charge on any atom is 0.191 e. The van der Waals surface area contributed by atoms with Crippen LogP contribution in [-0.2, 0) is 4.74 Å². The number of hydrogen-bond acceptors (Lipinski definition) is 4. The quantitative estimate of drug-likeness (QED) is 0.227. The Morgan fingerprint density at radius 2 is 1.94 bits per heavy atom. The largest absolute Gasteiger partial charge is 0.379 e. The van der Waals surface area contributed by atoms with Crippen molar-refractivity contribution in [1.29, 1.82) is 0 Å². The van der Waals surface area contributed by atoms with Crippen molar-refractivity contribution in [3.63, 3.8) is 0 Å². The second kappa shape index (κ2) is 14.2. The second-order valence-corrected chi connectivity index (χ2v) is 8.50. The molecule has 176 valence electrons. The molecule has 8 heteroatoms. The summed E-state index contributed by atoms with van der Waals surface area (Å²) in [7, 11) is 1.81. The van der Waals surface area contributed by atoms with Crippen molar-refractivity contribution in [2.24, 2.45) is 10.9 Å². The predicted octanol–water partition coefficient (Wildman–Crippen LogP) is 3.10. The van der Waals surface area contributed by atoms with Gasteiger partial charge in [0.15, 0.2) is 5.96 Å². The van der Waals surface area contributed by atoms with Crippen molar-refractivity contribution in [3.8, 4) is 0 Å². The van der Waals surface area contributed by atoms with Gasteiger partial charge in [0.2, 0.25) is 0 Å². The molecule has 0 saturated carbocycles. The Balaban J connectivity index is 0.00000341. The van der Waals surface area contributed by atoms with E-state index in [4.69, 9.17) is 4.74 Å². The zero-order valence-electron chi connectivity index (χ0n) is 19.0. The fourth-order valence-corrected chi connectivity index (χ4v) is 4.45. The first-order valence-electron chi connectivity index (χ1n) is 11.4. The van der Waals surface area contributed by atoms with E-state index < -0.39 is 0 Å². The molecule has 1 aromatic rings. The lowest BCUT2D eigenvalue weighted by Crippen LogP contribution is -2.46. The van der Waals surface area contributed by atoms with Gasteiger partial charge in [-0.1, -0.05) is 19.1 Å². The van der Waals surface area contributed by atoms with E-state index in [1.54, 1.807) is 0 Å². The van der Waals surface area contributed by atoms with Crippen LogP contribution < -0.4 is 10.6 Å². The van der Waals surface area contributed by atoms with E-state index in [2.05, 4.69) is 32.3 Å². The molecule has 0 bridgehead atoms. The topological polar surface area (TPSA) is 52.1 Å². The summed E-state index contributed by atoms with van der Waals surface area (Å²) in [6, 6.07) is 7.00. The number of nitrogens with one attached hydrogen (secondary N) is 2. The van der Waals surface area contributed by atoms with Crippen LogP contribution in [0.15, 0.2) is 29.3 Å². The summed E-state index contributed by atoms with van der Waals surface area (Å²) in [5.41, 5.74) is 1.11. The monoisotopic (exact) mass is 547 g/mol. The molecule has 31 heavy (non-hydrogen) atoms. The number of guanidine groups is 1. The van der Waals surface area contributed by atoms with Crippen LogP contribution in [0.4, 0.5) is 4.39 Å². The minimum Gasteiger partial charge on any atom is -0.379 e. The molecule has 0 radical (unpaired) electrons. The lowest BCUT2D eigenvalue weighted by atomic mass is 10.0. The van der Waals surface area contributed by atoms with Crippen LogP contribution in [0.3, 0.4) is 0 Å². The molecule has 1 aromatic carbocycles. The zero-order chi connectivity index (χ0) is 21.2. The minimum absolute atomic E-state index is 0. The molecule has 0 amide bonds. The van der Waals surface area contributed by atoms with Crippen LogP contribution >= 0.6 is 24.0 Å². The third-order valence-corrected chi connectivity index (χ3v) is 6.11. The molecular weight excluding hydrogens is 508 g/mol. The van der Waals surface area contributed by atoms with E-state index in [1.165, 1.54) is 38.1 Å². The molecule has 2 N–H and O–H groups in total. The Bertz CT molecular complexity index is 654. The summed E-state index contributed by atoms with van der Waals surface area (Å²) in [6.45, 7) is 10.8. The van der Waals surface area contributed by atoms with E-state index in [0.717, 1.165) is 69.8 Å². The number of nitrogens with zero attached hydrogens (tertiary/aromatic N) is 3. The molecule has 6 nitrogen and oxygen atoms in total. The molecule has 2 heterocycles. The number of likely N-dealkylation sites (tertiary alicyclic amines) is 1. The third kappa shape index (κ3) is 8.82. The highest BCUT2D eigenvalue weighted by molar-refractivity contribution is 14.0. The number of ether oxygens (including phenoxy) is 1. The van der Waals surface area contributed by atoms with E-state index in [0.29, 0.717) is 0 Å². The molecule has 0 spiro atoms.